The first kappa shape index (κ1) is 18.8. The molecule has 2 aromatic carbocycles. The van der Waals surface area contributed by atoms with Gasteiger partial charge in [0, 0.05) is 42.9 Å². The summed E-state index contributed by atoms with van der Waals surface area (Å²) < 4.78 is 12.5. The third kappa shape index (κ3) is 4.48. The maximum Gasteiger partial charge on any atom is 0.119 e. The molecule has 2 heterocycles. The summed E-state index contributed by atoms with van der Waals surface area (Å²) in [4.78, 5) is 5.02. The lowest BCUT2D eigenvalue weighted by Crippen LogP contribution is -2.46. The minimum absolute atomic E-state index is 0.237. The van der Waals surface area contributed by atoms with Crippen LogP contribution in [-0.4, -0.2) is 51.3 Å². The molecule has 0 amide bonds. The Bertz CT molecular complexity index is 757. The minimum atomic E-state index is 0.237. The number of rotatable bonds is 5. The first-order chi connectivity index (χ1) is 13.2. The van der Waals surface area contributed by atoms with Crippen molar-refractivity contribution >= 4 is 21.6 Å². The first-order valence-electron chi connectivity index (χ1n) is 9.74. The highest BCUT2D eigenvalue weighted by Gasteiger charge is 2.23. The predicted octanol–water partition coefficient (Wildman–Crippen LogP) is 4.28. The molecular weight excluding hydrogens is 404 g/mol. The fourth-order valence-electron chi connectivity index (χ4n) is 4.07. The average molecular weight is 431 g/mol. The van der Waals surface area contributed by atoms with Crippen molar-refractivity contribution in [3.8, 4) is 5.75 Å². The van der Waals surface area contributed by atoms with Crippen LogP contribution in [0.4, 0.5) is 5.69 Å². The quantitative estimate of drug-likeness (QED) is 0.706. The Labute approximate surface area is 170 Å². The van der Waals surface area contributed by atoms with Crippen LogP contribution >= 0.6 is 15.9 Å². The van der Waals surface area contributed by atoms with Gasteiger partial charge in [-0.25, -0.2) is 0 Å². The molecule has 0 bridgehead atoms. The van der Waals surface area contributed by atoms with Gasteiger partial charge in [-0.05, 0) is 60.4 Å². The molecule has 2 aromatic rings. The van der Waals surface area contributed by atoms with Gasteiger partial charge in [0.05, 0.1) is 19.8 Å². The number of halogens is 1. The standard InChI is InChI=1S/C22H27BrN2O2/c1-26-20-5-3-19(4-6-20)25-13-11-24(12-14-25)10-8-22-21-7-2-18(23)16-17(21)9-15-27-22/h2-7,16,22H,8-15H2,1H3. The monoisotopic (exact) mass is 430 g/mol. The van der Waals surface area contributed by atoms with Crippen LogP contribution in [0.3, 0.4) is 0 Å². The number of benzene rings is 2. The number of ether oxygens (including phenoxy) is 2. The lowest BCUT2D eigenvalue weighted by atomic mass is 9.95. The number of nitrogens with zero attached hydrogens (tertiary/aromatic N) is 2. The largest absolute Gasteiger partial charge is 0.497 e. The fourth-order valence-corrected chi connectivity index (χ4v) is 4.48. The summed E-state index contributed by atoms with van der Waals surface area (Å²) in [6.07, 6.45) is 2.32. The van der Waals surface area contributed by atoms with Gasteiger partial charge in [0.15, 0.2) is 0 Å². The second-order valence-electron chi connectivity index (χ2n) is 7.27. The molecule has 1 saturated heterocycles. The Morgan fingerprint density at radius 3 is 2.59 bits per heavy atom. The second-order valence-corrected chi connectivity index (χ2v) is 8.18. The molecule has 4 rings (SSSR count). The zero-order valence-corrected chi connectivity index (χ0v) is 17.5. The van der Waals surface area contributed by atoms with E-state index in [-0.39, 0.29) is 6.10 Å². The molecule has 0 N–H and O–H groups in total. The van der Waals surface area contributed by atoms with Crippen molar-refractivity contribution in [3.05, 3.63) is 58.1 Å². The Morgan fingerprint density at radius 1 is 1.07 bits per heavy atom. The molecule has 1 fully saturated rings. The van der Waals surface area contributed by atoms with Crippen molar-refractivity contribution in [3.63, 3.8) is 0 Å². The highest BCUT2D eigenvalue weighted by molar-refractivity contribution is 9.10. The van der Waals surface area contributed by atoms with Crippen LogP contribution in [0.15, 0.2) is 46.9 Å². The number of hydrogen-bond donors (Lipinski definition) is 0. The molecular formula is C22H27BrN2O2. The number of fused-ring (bicyclic) bond motifs is 1. The molecule has 4 nitrogen and oxygen atoms in total. The summed E-state index contributed by atoms with van der Waals surface area (Å²) >= 11 is 3.58. The molecule has 0 aliphatic carbocycles. The van der Waals surface area contributed by atoms with Gasteiger partial charge in [-0.3, -0.25) is 4.90 Å². The Balaban J connectivity index is 1.29. The summed E-state index contributed by atoms with van der Waals surface area (Å²) in [5.74, 6) is 0.914. The highest BCUT2D eigenvalue weighted by Crippen LogP contribution is 2.32. The summed E-state index contributed by atoms with van der Waals surface area (Å²) in [6.45, 7) is 6.27. The maximum atomic E-state index is 6.08. The van der Waals surface area contributed by atoms with Gasteiger partial charge in [-0.1, -0.05) is 22.0 Å². The first-order valence-corrected chi connectivity index (χ1v) is 10.5. The molecule has 0 spiro atoms. The Hall–Kier alpha value is -1.56. The van der Waals surface area contributed by atoms with Crippen LogP contribution in [0.1, 0.15) is 23.7 Å². The van der Waals surface area contributed by atoms with Gasteiger partial charge < -0.3 is 14.4 Å². The van der Waals surface area contributed by atoms with E-state index in [1.807, 2.05) is 12.1 Å². The highest BCUT2D eigenvalue weighted by atomic mass is 79.9. The van der Waals surface area contributed by atoms with Gasteiger partial charge >= 0.3 is 0 Å². The molecule has 2 aliphatic heterocycles. The van der Waals surface area contributed by atoms with Crippen molar-refractivity contribution in [1.82, 2.24) is 4.90 Å². The van der Waals surface area contributed by atoms with Crippen molar-refractivity contribution in [2.24, 2.45) is 0 Å². The van der Waals surface area contributed by atoms with Crippen molar-refractivity contribution in [2.45, 2.75) is 18.9 Å². The summed E-state index contributed by atoms with van der Waals surface area (Å²) in [7, 11) is 1.71. The van der Waals surface area contributed by atoms with Gasteiger partial charge in [0.1, 0.15) is 5.75 Å². The van der Waals surface area contributed by atoms with E-state index < -0.39 is 0 Å². The lowest BCUT2D eigenvalue weighted by Gasteiger charge is -2.37. The minimum Gasteiger partial charge on any atom is -0.497 e. The normalized spacial score (nSPS) is 20.4. The summed E-state index contributed by atoms with van der Waals surface area (Å²) in [6, 6.07) is 15.0. The fraction of sp³-hybridized carbons (Fsp3) is 0.455. The average Bonchev–Trinajstić information content (AvgIpc) is 2.72. The van der Waals surface area contributed by atoms with E-state index in [1.165, 1.54) is 16.8 Å². The van der Waals surface area contributed by atoms with Crippen LogP contribution in [-0.2, 0) is 11.2 Å². The molecule has 144 valence electrons. The SMILES string of the molecule is COc1ccc(N2CCN(CCC3OCCc4cc(Br)ccc43)CC2)cc1. The maximum absolute atomic E-state index is 6.08. The van der Waals surface area contributed by atoms with E-state index in [0.29, 0.717) is 0 Å². The number of methoxy groups -OCH3 is 1. The third-order valence-electron chi connectivity index (χ3n) is 5.66. The van der Waals surface area contributed by atoms with Crippen LogP contribution in [0, 0.1) is 0 Å². The second kappa shape index (κ2) is 8.63. The summed E-state index contributed by atoms with van der Waals surface area (Å²) in [5.41, 5.74) is 4.09. The van der Waals surface area contributed by atoms with Crippen LogP contribution < -0.4 is 9.64 Å². The molecule has 5 heteroatoms. The van der Waals surface area contributed by atoms with Crippen LogP contribution in [0.2, 0.25) is 0 Å². The van der Waals surface area contributed by atoms with E-state index in [1.54, 1.807) is 7.11 Å². The topological polar surface area (TPSA) is 24.9 Å². The van der Waals surface area contributed by atoms with E-state index in [9.17, 15) is 0 Å². The van der Waals surface area contributed by atoms with Crippen LogP contribution in [0.25, 0.3) is 0 Å². The molecule has 1 unspecified atom stereocenters. The molecule has 1 atom stereocenters. The predicted molar refractivity (Wildman–Crippen MR) is 113 cm³/mol. The summed E-state index contributed by atoms with van der Waals surface area (Å²) in [5, 5.41) is 0. The van der Waals surface area contributed by atoms with E-state index in [4.69, 9.17) is 9.47 Å². The molecule has 27 heavy (non-hydrogen) atoms. The van der Waals surface area contributed by atoms with E-state index in [0.717, 1.165) is 62.4 Å². The van der Waals surface area contributed by atoms with Crippen molar-refractivity contribution in [2.75, 3.05) is 51.3 Å². The number of hydrogen-bond acceptors (Lipinski definition) is 4. The van der Waals surface area contributed by atoms with Crippen molar-refractivity contribution in [1.29, 1.82) is 0 Å². The number of anilines is 1. The zero-order chi connectivity index (χ0) is 18.6. The molecule has 0 saturated carbocycles. The molecule has 0 radical (unpaired) electrons. The molecule has 2 aliphatic rings. The molecule has 0 aromatic heterocycles. The van der Waals surface area contributed by atoms with Crippen molar-refractivity contribution < 1.29 is 9.47 Å². The van der Waals surface area contributed by atoms with E-state index in [2.05, 4.69) is 56.1 Å². The number of piperazine rings is 1. The van der Waals surface area contributed by atoms with E-state index >= 15 is 0 Å². The zero-order valence-electron chi connectivity index (χ0n) is 15.9. The lowest BCUT2D eigenvalue weighted by molar-refractivity contribution is 0.0289. The van der Waals surface area contributed by atoms with Gasteiger partial charge in [-0.15, -0.1) is 0 Å². The van der Waals surface area contributed by atoms with Crippen LogP contribution in [0.5, 0.6) is 5.75 Å². The van der Waals surface area contributed by atoms with Gasteiger partial charge in [0.25, 0.3) is 0 Å². The third-order valence-corrected chi connectivity index (χ3v) is 6.15. The Morgan fingerprint density at radius 2 is 1.85 bits per heavy atom. The van der Waals surface area contributed by atoms with Gasteiger partial charge in [0.2, 0.25) is 0 Å². The Kier molecular flexibility index (Phi) is 6.01. The van der Waals surface area contributed by atoms with Gasteiger partial charge in [-0.2, -0.15) is 0 Å². The smallest absolute Gasteiger partial charge is 0.119 e.